The zero-order valence-electron chi connectivity index (χ0n) is 16.9. The van der Waals surface area contributed by atoms with E-state index in [9.17, 15) is 14.4 Å². The minimum absolute atomic E-state index is 0.0103. The van der Waals surface area contributed by atoms with Gasteiger partial charge in [-0.1, -0.05) is 41.9 Å². The zero-order valence-corrected chi connectivity index (χ0v) is 18.5. The average molecular weight is 444 g/mol. The standard InChI is InChI=1S/C18H24BrNO5.C2H6/c1-18(2,3)25-17(23)20-14(15(21)9-10-16(22)24-4)11-12-5-7-13(19)8-6-12;1-2/h5-8,14H,9-11H2,1-4H3,(H,20,23);1-2H3/t14-;/m0./s1. The first-order valence-corrected chi connectivity index (χ1v) is 9.73. The second-order valence-electron chi connectivity index (χ2n) is 6.57. The van der Waals surface area contributed by atoms with Crippen molar-refractivity contribution in [2.75, 3.05) is 7.11 Å². The van der Waals surface area contributed by atoms with E-state index in [4.69, 9.17) is 4.74 Å². The van der Waals surface area contributed by atoms with Gasteiger partial charge in [-0.05, 0) is 44.9 Å². The number of hydrogen-bond donors (Lipinski definition) is 1. The van der Waals surface area contributed by atoms with E-state index in [-0.39, 0.29) is 18.6 Å². The number of esters is 1. The molecule has 0 radical (unpaired) electrons. The van der Waals surface area contributed by atoms with Gasteiger partial charge in [0.2, 0.25) is 0 Å². The van der Waals surface area contributed by atoms with Crippen molar-refractivity contribution in [1.82, 2.24) is 5.32 Å². The summed E-state index contributed by atoms with van der Waals surface area (Å²) in [6.45, 7) is 9.24. The highest BCUT2D eigenvalue weighted by atomic mass is 79.9. The van der Waals surface area contributed by atoms with E-state index >= 15 is 0 Å². The number of methoxy groups -OCH3 is 1. The van der Waals surface area contributed by atoms with Crippen LogP contribution in [0.5, 0.6) is 0 Å². The number of amides is 1. The Morgan fingerprint density at radius 2 is 1.63 bits per heavy atom. The summed E-state index contributed by atoms with van der Waals surface area (Å²) < 4.78 is 10.7. The first kappa shape index (κ1) is 25.1. The summed E-state index contributed by atoms with van der Waals surface area (Å²) in [5.74, 6) is -0.716. The first-order valence-electron chi connectivity index (χ1n) is 8.94. The number of Topliss-reactive ketones (excluding diaryl/α,β-unsaturated/α-hetero) is 1. The van der Waals surface area contributed by atoms with E-state index in [1.165, 1.54) is 7.11 Å². The summed E-state index contributed by atoms with van der Waals surface area (Å²) in [4.78, 5) is 35.7. The molecule has 152 valence electrons. The smallest absolute Gasteiger partial charge is 0.408 e. The normalized spacial score (nSPS) is 11.5. The molecule has 0 fully saturated rings. The van der Waals surface area contributed by atoms with Crippen LogP contribution in [0.15, 0.2) is 28.7 Å². The van der Waals surface area contributed by atoms with E-state index in [1.54, 1.807) is 20.8 Å². The van der Waals surface area contributed by atoms with E-state index in [2.05, 4.69) is 26.0 Å². The lowest BCUT2D eigenvalue weighted by Crippen LogP contribution is -2.44. The van der Waals surface area contributed by atoms with Crippen molar-refractivity contribution >= 4 is 33.8 Å². The van der Waals surface area contributed by atoms with Crippen LogP contribution in [0.1, 0.15) is 53.0 Å². The van der Waals surface area contributed by atoms with Crippen LogP contribution in [0.2, 0.25) is 0 Å². The minimum Gasteiger partial charge on any atom is -0.469 e. The van der Waals surface area contributed by atoms with Crippen molar-refractivity contribution in [3.05, 3.63) is 34.3 Å². The third-order valence-electron chi connectivity index (χ3n) is 3.24. The number of alkyl carbamates (subject to hydrolysis) is 1. The molecule has 0 heterocycles. The van der Waals surface area contributed by atoms with Crippen LogP contribution in [0, 0.1) is 0 Å². The lowest BCUT2D eigenvalue weighted by Gasteiger charge is -2.23. The second-order valence-corrected chi connectivity index (χ2v) is 7.49. The maximum absolute atomic E-state index is 12.4. The quantitative estimate of drug-likeness (QED) is 0.630. The summed E-state index contributed by atoms with van der Waals surface area (Å²) in [5, 5.41) is 2.60. The Labute approximate surface area is 170 Å². The van der Waals surface area contributed by atoms with Gasteiger partial charge in [0.05, 0.1) is 19.6 Å². The molecule has 1 amide bonds. The van der Waals surface area contributed by atoms with Gasteiger partial charge in [-0.25, -0.2) is 4.79 Å². The maximum Gasteiger partial charge on any atom is 0.408 e. The Kier molecular flexibility index (Phi) is 11.6. The van der Waals surface area contributed by atoms with Crippen molar-refractivity contribution in [3.63, 3.8) is 0 Å². The van der Waals surface area contributed by atoms with Gasteiger partial charge in [0.15, 0.2) is 5.78 Å². The average Bonchev–Trinajstić information content (AvgIpc) is 2.60. The molecule has 6 nitrogen and oxygen atoms in total. The predicted molar refractivity (Wildman–Crippen MR) is 109 cm³/mol. The molecule has 0 saturated carbocycles. The molecule has 1 aromatic carbocycles. The highest BCUT2D eigenvalue weighted by molar-refractivity contribution is 9.10. The molecule has 1 rings (SSSR count). The van der Waals surface area contributed by atoms with Gasteiger partial charge in [-0.3, -0.25) is 9.59 Å². The third-order valence-corrected chi connectivity index (χ3v) is 3.76. The van der Waals surface area contributed by atoms with Crippen molar-refractivity contribution < 1.29 is 23.9 Å². The Morgan fingerprint density at radius 3 is 2.11 bits per heavy atom. The number of hydrogen-bond acceptors (Lipinski definition) is 5. The molecular weight excluding hydrogens is 414 g/mol. The first-order chi connectivity index (χ1) is 12.6. The van der Waals surface area contributed by atoms with Crippen molar-refractivity contribution in [2.24, 2.45) is 0 Å². The van der Waals surface area contributed by atoms with Crippen molar-refractivity contribution in [3.8, 4) is 0 Å². The molecule has 27 heavy (non-hydrogen) atoms. The molecule has 0 aliphatic carbocycles. The van der Waals surface area contributed by atoms with E-state index < -0.39 is 23.7 Å². The fraction of sp³-hybridized carbons (Fsp3) is 0.550. The number of benzene rings is 1. The molecular formula is C20H30BrNO5. The summed E-state index contributed by atoms with van der Waals surface area (Å²) in [5.41, 5.74) is 0.220. The Bertz CT molecular complexity index is 608. The number of rotatable bonds is 7. The Hall–Kier alpha value is -1.89. The molecule has 0 bridgehead atoms. The molecule has 1 aromatic rings. The molecule has 0 saturated heterocycles. The molecule has 0 aromatic heterocycles. The minimum atomic E-state index is -0.777. The van der Waals surface area contributed by atoms with Crippen LogP contribution in [0.25, 0.3) is 0 Å². The van der Waals surface area contributed by atoms with Crippen molar-refractivity contribution in [2.45, 2.75) is 65.5 Å². The lowest BCUT2D eigenvalue weighted by molar-refractivity contribution is -0.142. The van der Waals surface area contributed by atoms with Gasteiger partial charge in [0, 0.05) is 10.9 Å². The largest absolute Gasteiger partial charge is 0.469 e. The van der Waals surface area contributed by atoms with E-state index in [1.807, 2.05) is 38.1 Å². The maximum atomic E-state index is 12.4. The SMILES string of the molecule is CC.COC(=O)CCC(=O)[C@H](Cc1ccc(Br)cc1)NC(=O)OC(C)(C)C. The highest BCUT2D eigenvalue weighted by Crippen LogP contribution is 2.14. The number of nitrogens with one attached hydrogen (secondary N) is 1. The molecule has 1 atom stereocenters. The molecule has 0 aliphatic heterocycles. The Morgan fingerprint density at radius 1 is 1.07 bits per heavy atom. The number of carbonyl (C=O) groups is 3. The van der Waals surface area contributed by atoms with Crippen LogP contribution in [0.3, 0.4) is 0 Å². The molecule has 0 aliphatic rings. The number of carbonyl (C=O) groups excluding carboxylic acids is 3. The van der Waals surface area contributed by atoms with Crippen molar-refractivity contribution in [1.29, 1.82) is 0 Å². The molecule has 1 N–H and O–H groups in total. The third kappa shape index (κ3) is 11.4. The molecule has 0 unspecified atom stereocenters. The lowest BCUT2D eigenvalue weighted by atomic mass is 10.00. The zero-order chi connectivity index (χ0) is 21.0. The number of ketones is 1. The summed E-state index contributed by atoms with van der Waals surface area (Å²) >= 11 is 3.35. The van der Waals surface area contributed by atoms with Crippen LogP contribution >= 0.6 is 15.9 Å². The van der Waals surface area contributed by atoms with Gasteiger partial charge in [0.1, 0.15) is 5.60 Å². The van der Waals surface area contributed by atoms with Gasteiger partial charge in [-0.15, -0.1) is 0 Å². The van der Waals surface area contributed by atoms with Crippen LogP contribution in [0.4, 0.5) is 4.79 Å². The summed E-state index contributed by atoms with van der Waals surface area (Å²) in [6, 6.07) is 6.67. The monoisotopic (exact) mass is 443 g/mol. The van der Waals surface area contributed by atoms with E-state index in [0.717, 1.165) is 10.0 Å². The summed E-state index contributed by atoms with van der Waals surface area (Å²) in [6.07, 6.45) is -0.390. The highest BCUT2D eigenvalue weighted by Gasteiger charge is 2.25. The van der Waals surface area contributed by atoms with Gasteiger partial charge in [-0.2, -0.15) is 0 Å². The van der Waals surface area contributed by atoms with Gasteiger partial charge >= 0.3 is 12.1 Å². The number of halogens is 1. The van der Waals surface area contributed by atoms with Crippen LogP contribution in [-0.4, -0.2) is 36.6 Å². The van der Waals surface area contributed by atoms with Crippen LogP contribution < -0.4 is 5.32 Å². The topological polar surface area (TPSA) is 81.7 Å². The second kappa shape index (κ2) is 12.5. The van der Waals surface area contributed by atoms with E-state index in [0.29, 0.717) is 6.42 Å². The predicted octanol–water partition coefficient (Wildman–Crippen LogP) is 4.43. The fourth-order valence-electron chi connectivity index (χ4n) is 2.05. The van der Waals surface area contributed by atoms with Gasteiger partial charge < -0.3 is 14.8 Å². The number of ether oxygens (including phenoxy) is 2. The van der Waals surface area contributed by atoms with Crippen LogP contribution in [-0.2, 0) is 25.5 Å². The molecule has 7 heteroatoms. The Balaban J connectivity index is 0.00000326. The summed E-state index contributed by atoms with van der Waals surface area (Å²) in [7, 11) is 1.27. The van der Waals surface area contributed by atoms with Gasteiger partial charge in [0.25, 0.3) is 0 Å². The fourth-order valence-corrected chi connectivity index (χ4v) is 2.32. The molecule has 0 spiro atoms.